The summed E-state index contributed by atoms with van der Waals surface area (Å²) in [6, 6.07) is 0. The van der Waals surface area contributed by atoms with E-state index in [2.05, 4.69) is 26.0 Å². The molecule has 6 nitrogen and oxygen atoms in total. The zero-order valence-electron chi connectivity index (χ0n) is 11.1. The molecule has 0 unspecified atom stereocenters. The molecule has 0 saturated carbocycles. The SMILES string of the molecule is CCc1nn(CC)c(Cn2c(=O)[nH]cc(Br)c2=O)c1Cl. The lowest BCUT2D eigenvalue weighted by Gasteiger charge is -2.07. The zero-order valence-corrected chi connectivity index (χ0v) is 13.5. The Kier molecular flexibility index (Phi) is 4.49. The van der Waals surface area contributed by atoms with Crippen molar-refractivity contribution in [1.29, 1.82) is 0 Å². The van der Waals surface area contributed by atoms with Gasteiger partial charge in [-0.25, -0.2) is 4.79 Å². The monoisotopic (exact) mass is 360 g/mol. The first kappa shape index (κ1) is 15.1. The number of nitrogens with zero attached hydrogens (tertiary/aromatic N) is 3. The smallest absolute Gasteiger partial charge is 0.313 e. The van der Waals surface area contributed by atoms with Crippen LogP contribution in [0.25, 0.3) is 0 Å². The number of hydrogen-bond acceptors (Lipinski definition) is 3. The molecule has 2 aromatic rings. The summed E-state index contributed by atoms with van der Waals surface area (Å²) in [4.78, 5) is 26.3. The van der Waals surface area contributed by atoms with Gasteiger partial charge in [-0.15, -0.1) is 0 Å². The first-order valence-electron chi connectivity index (χ1n) is 6.21. The summed E-state index contributed by atoms with van der Waals surface area (Å²) >= 11 is 9.39. The number of halogens is 2. The number of aromatic nitrogens is 4. The summed E-state index contributed by atoms with van der Waals surface area (Å²) in [6.45, 7) is 4.60. The van der Waals surface area contributed by atoms with Crippen LogP contribution in [0.1, 0.15) is 25.2 Å². The Bertz CT molecular complexity index is 747. The molecule has 8 heteroatoms. The normalized spacial score (nSPS) is 11.0. The third-order valence-corrected chi connectivity index (χ3v) is 4.02. The van der Waals surface area contributed by atoms with Crippen molar-refractivity contribution in [2.24, 2.45) is 0 Å². The number of H-pyrrole nitrogens is 1. The van der Waals surface area contributed by atoms with Crippen molar-refractivity contribution in [3.05, 3.63) is 47.9 Å². The molecule has 0 spiro atoms. The highest BCUT2D eigenvalue weighted by Gasteiger charge is 2.16. The van der Waals surface area contributed by atoms with Crippen LogP contribution in [0.2, 0.25) is 5.02 Å². The quantitative estimate of drug-likeness (QED) is 0.902. The van der Waals surface area contributed by atoms with E-state index in [0.717, 1.165) is 10.3 Å². The summed E-state index contributed by atoms with van der Waals surface area (Å²) < 4.78 is 3.11. The van der Waals surface area contributed by atoms with Gasteiger partial charge in [0, 0.05) is 12.7 Å². The van der Waals surface area contributed by atoms with Gasteiger partial charge in [0.25, 0.3) is 5.56 Å². The Morgan fingerprint density at radius 2 is 2.10 bits per heavy atom. The van der Waals surface area contributed by atoms with Crippen LogP contribution in [-0.2, 0) is 19.5 Å². The number of rotatable bonds is 4. The largest absolute Gasteiger partial charge is 0.328 e. The van der Waals surface area contributed by atoms with Gasteiger partial charge >= 0.3 is 5.69 Å². The minimum absolute atomic E-state index is 0.0906. The van der Waals surface area contributed by atoms with Crippen molar-refractivity contribution in [2.75, 3.05) is 0 Å². The average molecular weight is 362 g/mol. The molecule has 20 heavy (non-hydrogen) atoms. The highest BCUT2D eigenvalue weighted by Crippen LogP contribution is 2.21. The van der Waals surface area contributed by atoms with Gasteiger partial charge in [0.15, 0.2) is 0 Å². The predicted molar refractivity (Wildman–Crippen MR) is 80.4 cm³/mol. The summed E-state index contributed by atoms with van der Waals surface area (Å²) in [5, 5.41) is 4.88. The number of hydrogen-bond donors (Lipinski definition) is 1. The van der Waals surface area contributed by atoms with Crippen LogP contribution in [0.4, 0.5) is 0 Å². The maximum Gasteiger partial charge on any atom is 0.328 e. The number of nitrogens with one attached hydrogen (secondary N) is 1. The van der Waals surface area contributed by atoms with Gasteiger partial charge in [-0.3, -0.25) is 14.0 Å². The first-order valence-corrected chi connectivity index (χ1v) is 7.38. The van der Waals surface area contributed by atoms with Gasteiger partial charge in [0.2, 0.25) is 0 Å². The van der Waals surface area contributed by atoms with E-state index in [9.17, 15) is 9.59 Å². The van der Waals surface area contributed by atoms with Crippen LogP contribution in [0.15, 0.2) is 20.3 Å². The minimum Gasteiger partial charge on any atom is -0.313 e. The second-order valence-corrected chi connectivity index (χ2v) is 5.44. The maximum atomic E-state index is 12.0. The summed E-state index contributed by atoms with van der Waals surface area (Å²) in [6.07, 6.45) is 2.03. The van der Waals surface area contributed by atoms with Crippen LogP contribution >= 0.6 is 27.5 Å². The molecule has 0 atom stereocenters. The highest BCUT2D eigenvalue weighted by molar-refractivity contribution is 9.10. The molecule has 0 aliphatic rings. The molecule has 0 aliphatic carbocycles. The van der Waals surface area contributed by atoms with E-state index < -0.39 is 11.2 Å². The molecule has 2 aromatic heterocycles. The summed E-state index contributed by atoms with van der Waals surface area (Å²) in [5.41, 5.74) is 0.558. The predicted octanol–water partition coefficient (Wildman–Crippen LogP) is 1.78. The summed E-state index contributed by atoms with van der Waals surface area (Å²) in [7, 11) is 0. The Labute approximate surface area is 128 Å². The van der Waals surface area contributed by atoms with Crippen LogP contribution in [-0.4, -0.2) is 19.3 Å². The van der Waals surface area contributed by atoms with E-state index in [0.29, 0.717) is 28.2 Å². The van der Waals surface area contributed by atoms with Gasteiger partial charge in [-0.05, 0) is 29.3 Å². The van der Waals surface area contributed by atoms with Crippen LogP contribution in [0.5, 0.6) is 0 Å². The number of aromatic amines is 1. The van der Waals surface area contributed by atoms with Gasteiger partial charge in [0.1, 0.15) is 0 Å². The second kappa shape index (κ2) is 5.97. The molecule has 0 saturated heterocycles. The van der Waals surface area contributed by atoms with Crippen LogP contribution in [0, 0.1) is 0 Å². The van der Waals surface area contributed by atoms with E-state index in [1.54, 1.807) is 4.68 Å². The Morgan fingerprint density at radius 3 is 2.70 bits per heavy atom. The lowest BCUT2D eigenvalue weighted by Crippen LogP contribution is -2.36. The van der Waals surface area contributed by atoms with Crippen molar-refractivity contribution in [1.82, 2.24) is 19.3 Å². The fraction of sp³-hybridized carbons (Fsp3) is 0.417. The third kappa shape index (κ3) is 2.60. The van der Waals surface area contributed by atoms with Crippen molar-refractivity contribution in [3.63, 3.8) is 0 Å². The van der Waals surface area contributed by atoms with Gasteiger partial charge in [-0.2, -0.15) is 5.10 Å². The molecule has 2 rings (SSSR count). The molecule has 0 aromatic carbocycles. The van der Waals surface area contributed by atoms with E-state index in [1.165, 1.54) is 6.20 Å². The van der Waals surface area contributed by atoms with Crippen LogP contribution < -0.4 is 11.2 Å². The minimum atomic E-state index is -0.476. The third-order valence-electron chi connectivity index (χ3n) is 3.02. The Morgan fingerprint density at radius 1 is 1.40 bits per heavy atom. The van der Waals surface area contributed by atoms with E-state index in [-0.39, 0.29) is 6.54 Å². The number of aryl methyl sites for hydroxylation is 2. The Balaban J connectivity index is 2.56. The topological polar surface area (TPSA) is 72.7 Å². The molecule has 1 N–H and O–H groups in total. The van der Waals surface area contributed by atoms with Crippen molar-refractivity contribution < 1.29 is 0 Å². The molecule has 2 heterocycles. The Hall–Kier alpha value is -1.34. The molecule has 0 fully saturated rings. The van der Waals surface area contributed by atoms with Gasteiger partial charge < -0.3 is 4.98 Å². The first-order chi connectivity index (χ1) is 9.49. The molecular formula is C12H14BrClN4O2. The molecule has 0 amide bonds. The lowest BCUT2D eigenvalue weighted by molar-refractivity contribution is 0.577. The molecule has 0 aliphatic heterocycles. The average Bonchev–Trinajstić information content (AvgIpc) is 2.75. The molecule has 0 radical (unpaired) electrons. The molecule has 0 bridgehead atoms. The second-order valence-electron chi connectivity index (χ2n) is 4.21. The highest BCUT2D eigenvalue weighted by atomic mass is 79.9. The van der Waals surface area contributed by atoms with E-state index in [1.807, 2.05) is 13.8 Å². The van der Waals surface area contributed by atoms with Crippen molar-refractivity contribution in [2.45, 2.75) is 33.4 Å². The fourth-order valence-corrected chi connectivity index (χ4v) is 2.60. The maximum absolute atomic E-state index is 12.0. The summed E-state index contributed by atoms with van der Waals surface area (Å²) in [5.74, 6) is 0. The van der Waals surface area contributed by atoms with E-state index >= 15 is 0 Å². The van der Waals surface area contributed by atoms with Crippen molar-refractivity contribution >= 4 is 27.5 Å². The van der Waals surface area contributed by atoms with Gasteiger partial charge in [0.05, 0.1) is 27.4 Å². The molecule has 108 valence electrons. The standard InChI is InChI=1S/C12H14BrClN4O2/c1-3-8-10(14)9(18(4-2)16-8)6-17-11(19)7(13)5-15-12(17)20/h5H,3-4,6H2,1-2H3,(H,15,20). The van der Waals surface area contributed by atoms with Crippen LogP contribution in [0.3, 0.4) is 0 Å². The van der Waals surface area contributed by atoms with Crippen molar-refractivity contribution in [3.8, 4) is 0 Å². The molecular weight excluding hydrogens is 348 g/mol. The van der Waals surface area contributed by atoms with E-state index in [4.69, 9.17) is 11.6 Å². The lowest BCUT2D eigenvalue weighted by atomic mass is 10.3. The van der Waals surface area contributed by atoms with Gasteiger partial charge in [-0.1, -0.05) is 18.5 Å². The zero-order chi connectivity index (χ0) is 14.9. The fourth-order valence-electron chi connectivity index (χ4n) is 1.95.